The molecule has 1 saturated carbocycles. The van der Waals surface area contributed by atoms with Gasteiger partial charge in [0.2, 0.25) is 5.90 Å². The van der Waals surface area contributed by atoms with Gasteiger partial charge in [-0.2, -0.15) is 0 Å². The van der Waals surface area contributed by atoms with E-state index in [-0.39, 0.29) is 44.4 Å². The Kier molecular flexibility index (Phi) is 58.2. The van der Waals surface area contributed by atoms with Crippen molar-refractivity contribution in [3.8, 4) is 0 Å². The molecule has 0 saturated heterocycles. The molecular formula is C49H92N3OU-. The molecule has 1 aliphatic rings. The van der Waals surface area contributed by atoms with Gasteiger partial charge < -0.3 is 23.6 Å². The summed E-state index contributed by atoms with van der Waals surface area (Å²) >= 11 is 0. The smallest absolute Gasteiger partial charge is 0.229 e. The normalized spacial score (nSPS) is 14.3. The molecule has 0 spiro atoms. The molecule has 5 heteroatoms. The fraction of sp³-hybridized carbons (Fsp3) is 0.592. The van der Waals surface area contributed by atoms with Crippen molar-refractivity contribution in [2.45, 2.75) is 175 Å². The third-order valence-corrected chi connectivity index (χ3v) is 8.65. The van der Waals surface area contributed by atoms with Crippen LogP contribution in [0.1, 0.15) is 171 Å². The molecule has 0 aliphatic heterocycles. The van der Waals surface area contributed by atoms with Gasteiger partial charge in [0.05, 0.1) is 12.8 Å². The summed E-state index contributed by atoms with van der Waals surface area (Å²) in [5.41, 5.74) is 20.7. The average molecular weight is 977 g/mol. The maximum Gasteiger partial charge on any atom is 0.229 e. The maximum atomic E-state index is 7.22. The van der Waals surface area contributed by atoms with Gasteiger partial charge in [0.25, 0.3) is 0 Å². The average Bonchev–Trinajstić information content (AvgIpc) is 3.16. The van der Waals surface area contributed by atoms with Crippen LogP contribution in [0.15, 0.2) is 89.7 Å². The Morgan fingerprint density at radius 2 is 1.33 bits per heavy atom. The Hall–Kier alpha value is -2.06. The van der Waals surface area contributed by atoms with E-state index in [9.17, 15) is 0 Å². The van der Waals surface area contributed by atoms with E-state index in [1.807, 2.05) is 54.5 Å². The Bertz CT molecular complexity index is 1140. The minimum atomic E-state index is -0.00880. The molecule has 2 rings (SSSR count). The standard InChI is InChI=1S/C10H20.C10H16.C9H13N.C8H14N2O.C7H14.2C2H6.CH3.U/c1-3-9-5-7-10(4-2)8-6-9;1-5-10(6-2)8-7-9(3)4;1-7-3-4-9(6-10)8(2)5-7;1-5(2)6(3)7(9)8(10)11-4;1-4-5-6-7(2)3;2*1-2;;/h9-10H,3-8H2,1-2H3;5,7-8H,3,6H2,1-2,4H3;3-5H,6,10H2,1-2H3;10H,1,9H2,2-4H3;2,4-6H2,1,3H3;2*1-2H3;1H3;/q;;;;;;;-1;/b;8-7-,10-5-;;7-6+,10-8?;;;;;. The zero-order chi connectivity index (χ0) is 41.7. The zero-order valence-corrected chi connectivity index (χ0v) is 43.2. The first-order valence-corrected chi connectivity index (χ1v) is 20.2. The monoisotopic (exact) mass is 977 g/mol. The van der Waals surface area contributed by atoms with E-state index in [1.165, 1.54) is 92.7 Å². The van der Waals surface area contributed by atoms with Crippen LogP contribution >= 0.6 is 0 Å². The number of aryl methyl sites for hydroxylation is 2. The number of methoxy groups -OCH3 is 1. The van der Waals surface area contributed by atoms with Crippen LogP contribution in [-0.2, 0) is 11.3 Å². The molecular weight excluding hydrogens is 885 g/mol. The van der Waals surface area contributed by atoms with Crippen LogP contribution in [0.5, 0.6) is 0 Å². The summed E-state index contributed by atoms with van der Waals surface area (Å²) in [6.07, 6.45) is 20.0. The molecule has 1 aliphatic carbocycles. The van der Waals surface area contributed by atoms with Crippen LogP contribution in [0.2, 0.25) is 0 Å². The molecule has 0 aromatic heterocycles. The van der Waals surface area contributed by atoms with E-state index in [4.69, 9.17) is 16.9 Å². The second-order valence-electron chi connectivity index (χ2n) is 13.1. The molecule has 4 nitrogen and oxygen atoms in total. The van der Waals surface area contributed by atoms with E-state index >= 15 is 0 Å². The van der Waals surface area contributed by atoms with Gasteiger partial charge in [-0.05, 0) is 96.3 Å². The summed E-state index contributed by atoms with van der Waals surface area (Å²) in [6, 6.07) is 6.34. The molecule has 0 heterocycles. The van der Waals surface area contributed by atoms with Gasteiger partial charge in [0, 0.05) is 37.7 Å². The van der Waals surface area contributed by atoms with E-state index in [1.54, 1.807) is 0 Å². The van der Waals surface area contributed by atoms with Crippen molar-refractivity contribution >= 4 is 5.90 Å². The number of unbranched alkanes of at least 4 members (excludes halogenated alkanes) is 1. The first-order chi connectivity index (χ1) is 24.6. The van der Waals surface area contributed by atoms with Crippen molar-refractivity contribution in [1.82, 2.24) is 0 Å². The van der Waals surface area contributed by atoms with Crippen LogP contribution in [0.25, 0.3) is 0 Å². The predicted molar refractivity (Wildman–Crippen MR) is 248 cm³/mol. The van der Waals surface area contributed by atoms with E-state index in [2.05, 4.69) is 110 Å². The summed E-state index contributed by atoms with van der Waals surface area (Å²) in [4.78, 5) is 0. The SMILES string of the molecule is C=C(C)/C(C)=C(/N)C(=N)OC.C=C(C)/C=C\C(=C/C)CC.C=C(C)CCCC.CC.CC.CCC1CCC(CC)CC1.Cc1ccc(CN)c(C)c1.[CH3-].[U]. The molecule has 0 atom stereocenters. The third-order valence-electron chi connectivity index (χ3n) is 8.65. The molecule has 0 amide bonds. The van der Waals surface area contributed by atoms with Crippen molar-refractivity contribution in [2.75, 3.05) is 7.11 Å². The van der Waals surface area contributed by atoms with Crippen molar-refractivity contribution in [3.63, 3.8) is 0 Å². The molecule has 1 fully saturated rings. The second-order valence-corrected chi connectivity index (χ2v) is 13.1. The number of hydrogen-bond acceptors (Lipinski definition) is 4. The van der Waals surface area contributed by atoms with Gasteiger partial charge in [-0.1, -0.05) is 178 Å². The van der Waals surface area contributed by atoms with Gasteiger partial charge in [-0.25, -0.2) is 0 Å². The van der Waals surface area contributed by atoms with Crippen LogP contribution in [0, 0.1) is 69.6 Å². The molecule has 0 bridgehead atoms. The predicted octanol–water partition coefficient (Wildman–Crippen LogP) is 15.5. The number of rotatable bonds is 11. The topological polar surface area (TPSA) is 85.1 Å². The van der Waals surface area contributed by atoms with Crippen LogP contribution in [0.3, 0.4) is 0 Å². The number of nitrogens with two attached hydrogens (primary N) is 2. The minimum Gasteiger partial charge on any atom is -0.480 e. The molecule has 54 heavy (non-hydrogen) atoms. The van der Waals surface area contributed by atoms with Gasteiger partial charge in [0.1, 0.15) is 0 Å². The Labute approximate surface area is 363 Å². The number of ether oxygens (including phenoxy) is 1. The Balaban J connectivity index is -0.0000000994. The summed E-state index contributed by atoms with van der Waals surface area (Å²) in [7, 11) is 1.42. The minimum absolute atomic E-state index is 0. The zero-order valence-electron chi connectivity index (χ0n) is 39.1. The molecule has 1 aromatic rings. The van der Waals surface area contributed by atoms with E-state index < -0.39 is 0 Å². The first-order valence-electron chi connectivity index (χ1n) is 20.2. The summed E-state index contributed by atoms with van der Waals surface area (Å²) in [6.45, 7) is 42.9. The summed E-state index contributed by atoms with van der Waals surface area (Å²) in [5.74, 6) is 2.14. The maximum absolute atomic E-state index is 7.22. The van der Waals surface area contributed by atoms with Crippen molar-refractivity contribution in [1.29, 1.82) is 5.41 Å². The van der Waals surface area contributed by atoms with Gasteiger partial charge in [-0.15, -0.1) is 6.58 Å². The number of allylic oxidation sites excluding steroid dienone is 8. The summed E-state index contributed by atoms with van der Waals surface area (Å²) < 4.78 is 4.64. The number of hydrogen-bond donors (Lipinski definition) is 3. The van der Waals surface area contributed by atoms with Gasteiger partial charge in [-0.3, -0.25) is 5.41 Å². The van der Waals surface area contributed by atoms with Crippen molar-refractivity contribution in [2.24, 2.45) is 23.3 Å². The Morgan fingerprint density at radius 3 is 1.59 bits per heavy atom. The van der Waals surface area contributed by atoms with Crippen LogP contribution < -0.4 is 11.5 Å². The third kappa shape index (κ3) is 41.1. The van der Waals surface area contributed by atoms with Crippen molar-refractivity contribution < 1.29 is 35.9 Å². The van der Waals surface area contributed by atoms with E-state index in [0.29, 0.717) is 12.2 Å². The first kappa shape index (κ1) is 66.7. The van der Waals surface area contributed by atoms with Gasteiger partial charge >= 0.3 is 0 Å². The Morgan fingerprint density at radius 1 is 0.870 bits per heavy atom. The molecule has 5 N–H and O–H groups in total. The van der Waals surface area contributed by atoms with E-state index in [0.717, 1.165) is 35.0 Å². The van der Waals surface area contributed by atoms with Crippen molar-refractivity contribution in [3.05, 3.63) is 114 Å². The number of nitrogens with one attached hydrogen (secondary N) is 1. The second kappa shape index (κ2) is 47.1. The molecule has 314 valence electrons. The van der Waals surface area contributed by atoms with Crippen LogP contribution in [-0.4, -0.2) is 13.0 Å². The van der Waals surface area contributed by atoms with Crippen LogP contribution in [0.4, 0.5) is 0 Å². The molecule has 1 aromatic carbocycles. The fourth-order valence-electron chi connectivity index (χ4n) is 4.78. The molecule has 0 unspecified atom stereocenters. The summed E-state index contributed by atoms with van der Waals surface area (Å²) in [5, 5.41) is 7.22. The van der Waals surface area contributed by atoms with Gasteiger partial charge in [0.15, 0.2) is 0 Å². The largest absolute Gasteiger partial charge is 0.480 e. The number of benzene rings is 1. The fourth-order valence-corrected chi connectivity index (χ4v) is 4.78. The molecule has 0 radical (unpaired) electrons. The quantitative estimate of drug-likeness (QED) is 0.0679.